The number of halogens is 2. The van der Waals surface area contributed by atoms with E-state index in [-0.39, 0.29) is 36.3 Å². The van der Waals surface area contributed by atoms with Gasteiger partial charge in [0.1, 0.15) is 11.6 Å². The highest BCUT2D eigenvalue weighted by atomic mass is 35.5. The number of hydrogen-bond acceptors (Lipinski definition) is 4. The lowest BCUT2D eigenvalue weighted by atomic mass is 9.79. The van der Waals surface area contributed by atoms with Crippen LogP contribution in [0.5, 0.6) is 5.75 Å². The second-order valence-corrected chi connectivity index (χ2v) is 6.22. The summed E-state index contributed by atoms with van der Waals surface area (Å²) >= 11 is 0. The van der Waals surface area contributed by atoms with Crippen LogP contribution in [0.2, 0.25) is 0 Å². The van der Waals surface area contributed by atoms with Crippen LogP contribution in [0.4, 0.5) is 4.39 Å². The molecule has 22 heavy (non-hydrogen) atoms. The molecule has 2 rings (SSSR count). The second kappa shape index (κ2) is 8.11. The SMILES string of the molecule is COc1cc(F)ccc1[C@H](N1CCNCC1)C(C)(C)CO.Cl. The molecule has 0 bridgehead atoms. The van der Waals surface area contributed by atoms with Gasteiger partial charge >= 0.3 is 0 Å². The summed E-state index contributed by atoms with van der Waals surface area (Å²) in [6.45, 7) is 7.75. The molecule has 1 aliphatic heterocycles. The summed E-state index contributed by atoms with van der Waals surface area (Å²) in [5.74, 6) is 0.233. The number of ether oxygens (including phenoxy) is 1. The highest BCUT2D eigenvalue weighted by Crippen LogP contribution is 2.42. The molecular weight excluding hydrogens is 307 g/mol. The van der Waals surface area contributed by atoms with Crippen LogP contribution in [-0.4, -0.2) is 49.9 Å². The van der Waals surface area contributed by atoms with Crippen molar-refractivity contribution in [1.82, 2.24) is 10.2 Å². The van der Waals surface area contributed by atoms with E-state index >= 15 is 0 Å². The number of rotatable bonds is 5. The molecule has 1 fully saturated rings. The lowest BCUT2D eigenvalue weighted by molar-refractivity contribution is 0.0292. The molecule has 0 aromatic heterocycles. The van der Waals surface area contributed by atoms with Gasteiger partial charge in [0, 0.05) is 55.9 Å². The highest BCUT2D eigenvalue weighted by molar-refractivity contribution is 5.85. The quantitative estimate of drug-likeness (QED) is 0.868. The van der Waals surface area contributed by atoms with Gasteiger partial charge < -0.3 is 15.2 Å². The summed E-state index contributed by atoms with van der Waals surface area (Å²) in [6.07, 6.45) is 0. The molecule has 4 nitrogen and oxygen atoms in total. The number of aliphatic hydroxyl groups excluding tert-OH is 1. The van der Waals surface area contributed by atoms with Crippen LogP contribution in [0, 0.1) is 11.2 Å². The third kappa shape index (κ3) is 4.10. The van der Waals surface area contributed by atoms with E-state index in [4.69, 9.17) is 4.74 Å². The fraction of sp³-hybridized carbons (Fsp3) is 0.625. The van der Waals surface area contributed by atoms with Gasteiger partial charge in [-0.25, -0.2) is 4.39 Å². The van der Waals surface area contributed by atoms with Gasteiger partial charge in [-0.05, 0) is 6.07 Å². The molecule has 0 amide bonds. The van der Waals surface area contributed by atoms with Crippen molar-refractivity contribution in [3.05, 3.63) is 29.6 Å². The Labute approximate surface area is 138 Å². The predicted molar refractivity (Wildman–Crippen MR) is 88.3 cm³/mol. The van der Waals surface area contributed by atoms with Gasteiger partial charge in [0.05, 0.1) is 7.11 Å². The van der Waals surface area contributed by atoms with Crippen molar-refractivity contribution < 1.29 is 14.2 Å². The number of aliphatic hydroxyl groups is 1. The van der Waals surface area contributed by atoms with Crippen molar-refractivity contribution in [3.63, 3.8) is 0 Å². The Morgan fingerprint density at radius 3 is 2.55 bits per heavy atom. The number of hydrogen-bond donors (Lipinski definition) is 2. The Hall–Kier alpha value is -0.880. The van der Waals surface area contributed by atoms with E-state index in [2.05, 4.69) is 10.2 Å². The van der Waals surface area contributed by atoms with Gasteiger partial charge in [0.25, 0.3) is 0 Å². The molecule has 1 aliphatic rings. The standard InChI is InChI=1S/C16H25FN2O2.ClH/c1-16(2,11-20)15(19-8-6-18-7-9-19)13-5-4-12(17)10-14(13)21-3;/h4-5,10,15,18,20H,6-9,11H2,1-3H3;1H/t15-;/m0./s1. The average Bonchev–Trinajstić information content (AvgIpc) is 2.50. The number of nitrogens with one attached hydrogen (secondary N) is 1. The number of methoxy groups -OCH3 is 1. The maximum atomic E-state index is 13.5. The smallest absolute Gasteiger partial charge is 0.126 e. The summed E-state index contributed by atoms with van der Waals surface area (Å²) in [5, 5.41) is 13.2. The molecule has 1 heterocycles. The van der Waals surface area contributed by atoms with Crippen LogP contribution in [0.3, 0.4) is 0 Å². The van der Waals surface area contributed by atoms with Crippen molar-refractivity contribution in [2.75, 3.05) is 39.9 Å². The molecule has 0 unspecified atom stereocenters. The molecule has 126 valence electrons. The Kier molecular flexibility index (Phi) is 7.06. The van der Waals surface area contributed by atoms with Gasteiger partial charge in [-0.1, -0.05) is 19.9 Å². The first-order valence-corrected chi connectivity index (χ1v) is 7.38. The molecule has 0 radical (unpaired) electrons. The fourth-order valence-electron chi connectivity index (χ4n) is 3.05. The van der Waals surface area contributed by atoms with E-state index in [1.165, 1.54) is 12.1 Å². The van der Waals surface area contributed by atoms with Crippen molar-refractivity contribution >= 4 is 12.4 Å². The summed E-state index contributed by atoms with van der Waals surface area (Å²) < 4.78 is 18.8. The minimum atomic E-state index is -0.345. The molecule has 1 aromatic rings. The minimum absolute atomic E-state index is 0. The molecule has 6 heteroatoms. The van der Waals surface area contributed by atoms with Crippen LogP contribution in [-0.2, 0) is 0 Å². The van der Waals surface area contributed by atoms with Crippen molar-refractivity contribution in [2.24, 2.45) is 5.41 Å². The van der Waals surface area contributed by atoms with Gasteiger partial charge in [-0.15, -0.1) is 12.4 Å². The maximum Gasteiger partial charge on any atom is 0.126 e. The highest BCUT2D eigenvalue weighted by Gasteiger charge is 2.37. The Morgan fingerprint density at radius 1 is 1.36 bits per heavy atom. The monoisotopic (exact) mass is 332 g/mol. The van der Waals surface area contributed by atoms with Crippen LogP contribution >= 0.6 is 12.4 Å². The van der Waals surface area contributed by atoms with E-state index in [1.54, 1.807) is 13.2 Å². The molecule has 0 aliphatic carbocycles. The Bertz CT molecular complexity index is 479. The molecule has 0 saturated carbocycles. The third-order valence-corrected chi connectivity index (χ3v) is 4.15. The van der Waals surface area contributed by atoms with Crippen LogP contribution in [0.1, 0.15) is 25.5 Å². The minimum Gasteiger partial charge on any atom is -0.496 e. The van der Waals surface area contributed by atoms with Crippen molar-refractivity contribution in [3.8, 4) is 5.75 Å². The molecule has 1 atom stereocenters. The van der Waals surface area contributed by atoms with Crippen molar-refractivity contribution in [1.29, 1.82) is 0 Å². The van der Waals surface area contributed by atoms with Crippen LogP contribution in [0.15, 0.2) is 18.2 Å². The molecule has 1 saturated heterocycles. The van der Waals surface area contributed by atoms with Gasteiger partial charge in [0.2, 0.25) is 0 Å². The summed E-state index contributed by atoms with van der Waals surface area (Å²) in [5.41, 5.74) is 0.586. The molecular formula is C16H26ClFN2O2. The summed E-state index contributed by atoms with van der Waals surface area (Å²) in [4.78, 5) is 2.34. The zero-order valence-corrected chi connectivity index (χ0v) is 14.3. The van der Waals surface area contributed by atoms with Crippen molar-refractivity contribution in [2.45, 2.75) is 19.9 Å². The zero-order chi connectivity index (χ0) is 15.5. The first-order valence-electron chi connectivity index (χ1n) is 7.38. The molecule has 1 aromatic carbocycles. The van der Waals surface area contributed by atoms with Crippen LogP contribution in [0.25, 0.3) is 0 Å². The molecule has 0 spiro atoms. The van der Waals surface area contributed by atoms with E-state index in [9.17, 15) is 9.50 Å². The molecule has 2 N–H and O–H groups in total. The average molecular weight is 333 g/mol. The second-order valence-electron chi connectivity index (χ2n) is 6.22. The first kappa shape index (κ1) is 19.2. The normalized spacial score (nSPS) is 17.7. The predicted octanol–water partition coefficient (Wildman–Crippen LogP) is 2.22. The van der Waals surface area contributed by atoms with Crippen LogP contribution < -0.4 is 10.1 Å². The largest absolute Gasteiger partial charge is 0.496 e. The lowest BCUT2D eigenvalue weighted by Gasteiger charge is -2.43. The Morgan fingerprint density at radius 2 is 2.00 bits per heavy atom. The number of benzene rings is 1. The van der Waals surface area contributed by atoms with E-state index < -0.39 is 0 Å². The van der Waals surface area contributed by atoms with Gasteiger partial charge in [0.15, 0.2) is 0 Å². The summed E-state index contributed by atoms with van der Waals surface area (Å²) in [7, 11) is 1.55. The number of piperazine rings is 1. The number of nitrogens with zero attached hydrogens (tertiary/aromatic N) is 1. The topological polar surface area (TPSA) is 44.7 Å². The maximum absolute atomic E-state index is 13.5. The van der Waals surface area contributed by atoms with Gasteiger partial charge in [-0.3, -0.25) is 4.90 Å². The first-order chi connectivity index (χ1) is 9.99. The van der Waals surface area contributed by atoms with Gasteiger partial charge in [-0.2, -0.15) is 0 Å². The lowest BCUT2D eigenvalue weighted by Crippen LogP contribution is -2.49. The van der Waals surface area contributed by atoms with E-state index in [0.717, 1.165) is 31.7 Å². The zero-order valence-electron chi connectivity index (χ0n) is 13.4. The summed E-state index contributed by atoms with van der Waals surface area (Å²) in [6, 6.07) is 4.64. The fourth-order valence-corrected chi connectivity index (χ4v) is 3.05. The van der Waals surface area contributed by atoms with E-state index in [1.807, 2.05) is 13.8 Å². The third-order valence-electron chi connectivity index (χ3n) is 4.15. The van der Waals surface area contributed by atoms with E-state index in [0.29, 0.717) is 5.75 Å². The Balaban J connectivity index is 0.00000242.